The van der Waals surface area contributed by atoms with Gasteiger partial charge in [0.25, 0.3) is 0 Å². The van der Waals surface area contributed by atoms with Crippen LogP contribution in [0.1, 0.15) is 44.1 Å². The quantitative estimate of drug-likeness (QED) is 0.763. The molecule has 0 unspecified atom stereocenters. The molecule has 0 bridgehead atoms. The highest BCUT2D eigenvalue weighted by molar-refractivity contribution is 5.69. The Bertz CT molecular complexity index is 423. The standard InChI is InChI=1S/C16H24N2/c1-13-6-7-14(17)15(10-13)18-11-16(12-18)8-4-2-3-5-9-16/h6-7,10H,2-5,8-9,11-12,17H2,1H3. The Morgan fingerprint density at radius 1 is 1.06 bits per heavy atom. The second kappa shape index (κ2) is 4.49. The minimum atomic E-state index is 0.618. The van der Waals surface area contributed by atoms with Crippen LogP contribution in [0.15, 0.2) is 18.2 Å². The van der Waals surface area contributed by atoms with Gasteiger partial charge in [-0.15, -0.1) is 0 Å². The van der Waals surface area contributed by atoms with E-state index in [4.69, 9.17) is 5.73 Å². The van der Waals surface area contributed by atoms with E-state index in [1.807, 2.05) is 6.07 Å². The third-order valence-electron chi connectivity index (χ3n) is 4.74. The van der Waals surface area contributed by atoms with E-state index in [9.17, 15) is 0 Å². The average Bonchev–Trinajstić information content (AvgIpc) is 2.56. The zero-order valence-corrected chi connectivity index (χ0v) is 11.4. The van der Waals surface area contributed by atoms with Gasteiger partial charge in [0.2, 0.25) is 0 Å². The topological polar surface area (TPSA) is 29.3 Å². The minimum absolute atomic E-state index is 0.618. The summed E-state index contributed by atoms with van der Waals surface area (Å²) in [5.41, 5.74) is 10.2. The molecule has 18 heavy (non-hydrogen) atoms. The van der Waals surface area contributed by atoms with Crippen molar-refractivity contribution in [3.8, 4) is 0 Å². The van der Waals surface area contributed by atoms with Crippen LogP contribution in [0.4, 0.5) is 11.4 Å². The first-order valence-electron chi connectivity index (χ1n) is 7.30. The highest BCUT2D eigenvalue weighted by atomic mass is 15.2. The molecule has 1 spiro atoms. The predicted octanol–water partition coefficient (Wildman–Crippen LogP) is 3.74. The summed E-state index contributed by atoms with van der Waals surface area (Å²) in [6, 6.07) is 6.38. The van der Waals surface area contributed by atoms with Crippen LogP contribution in [0.25, 0.3) is 0 Å². The lowest BCUT2D eigenvalue weighted by Crippen LogP contribution is -2.56. The second-order valence-electron chi connectivity index (χ2n) is 6.33. The molecule has 2 nitrogen and oxygen atoms in total. The van der Waals surface area contributed by atoms with E-state index in [-0.39, 0.29) is 0 Å². The molecule has 1 aliphatic heterocycles. The Balaban J connectivity index is 1.72. The van der Waals surface area contributed by atoms with Crippen LogP contribution in [0, 0.1) is 12.3 Å². The fourth-order valence-electron chi connectivity index (χ4n) is 3.66. The van der Waals surface area contributed by atoms with Crippen molar-refractivity contribution in [3.63, 3.8) is 0 Å². The van der Waals surface area contributed by atoms with E-state index in [2.05, 4.69) is 24.0 Å². The molecule has 1 saturated carbocycles. The summed E-state index contributed by atoms with van der Waals surface area (Å²) in [7, 11) is 0. The van der Waals surface area contributed by atoms with Crippen molar-refractivity contribution < 1.29 is 0 Å². The van der Waals surface area contributed by atoms with Gasteiger partial charge < -0.3 is 10.6 Å². The molecule has 3 rings (SSSR count). The van der Waals surface area contributed by atoms with Crippen LogP contribution < -0.4 is 10.6 Å². The van der Waals surface area contributed by atoms with E-state index in [0.29, 0.717) is 5.41 Å². The SMILES string of the molecule is Cc1ccc(N)c(N2CC3(CCCCCC3)C2)c1. The lowest BCUT2D eigenvalue weighted by atomic mass is 9.73. The van der Waals surface area contributed by atoms with Gasteiger partial charge in [0.1, 0.15) is 0 Å². The molecule has 2 heteroatoms. The molecule has 1 aromatic rings. The number of benzene rings is 1. The summed E-state index contributed by atoms with van der Waals surface area (Å²) in [4.78, 5) is 2.48. The van der Waals surface area contributed by atoms with Crippen LogP contribution in [0.2, 0.25) is 0 Å². The highest BCUT2D eigenvalue weighted by Crippen LogP contribution is 2.45. The molecule has 0 aromatic heterocycles. The summed E-state index contributed by atoms with van der Waals surface area (Å²) < 4.78 is 0. The van der Waals surface area contributed by atoms with E-state index in [0.717, 1.165) is 5.69 Å². The Kier molecular flexibility index (Phi) is 2.96. The maximum Gasteiger partial charge on any atom is 0.0602 e. The van der Waals surface area contributed by atoms with Gasteiger partial charge in [-0.1, -0.05) is 31.7 Å². The Morgan fingerprint density at radius 2 is 1.72 bits per heavy atom. The summed E-state index contributed by atoms with van der Waals surface area (Å²) in [6.07, 6.45) is 8.58. The van der Waals surface area contributed by atoms with Crippen LogP contribution >= 0.6 is 0 Å². The molecule has 2 N–H and O–H groups in total. The van der Waals surface area contributed by atoms with Gasteiger partial charge in [0, 0.05) is 18.5 Å². The van der Waals surface area contributed by atoms with Crippen LogP contribution in [-0.4, -0.2) is 13.1 Å². The average molecular weight is 244 g/mol. The van der Waals surface area contributed by atoms with Gasteiger partial charge >= 0.3 is 0 Å². The zero-order valence-electron chi connectivity index (χ0n) is 11.4. The Hall–Kier alpha value is -1.18. The fraction of sp³-hybridized carbons (Fsp3) is 0.625. The van der Waals surface area contributed by atoms with E-state index in [1.165, 1.54) is 62.9 Å². The fourth-order valence-corrected chi connectivity index (χ4v) is 3.66. The summed E-state index contributed by atoms with van der Waals surface area (Å²) in [6.45, 7) is 4.59. The molecule has 0 radical (unpaired) electrons. The van der Waals surface area contributed by atoms with Crippen LogP contribution in [-0.2, 0) is 0 Å². The highest BCUT2D eigenvalue weighted by Gasteiger charge is 2.42. The van der Waals surface area contributed by atoms with Gasteiger partial charge in [-0.05, 0) is 37.5 Å². The van der Waals surface area contributed by atoms with E-state index < -0.39 is 0 Å². The smallest absolute Gasteiger partial charge is 0.0602 e. The van der Waals surface area contributed by atoms with Gasteiger partial charge in [-0.2, -0.15) is 0 Å². The number of nitrogen functional groups attached to an aromatic ring is 1. The first kappa shape index (κ1) is 11.9. The molecular weight excluding hydrogens is 220 g/mol. The van der Waals surface area contributed by atoms with Crippen molar-refractivity contribution in [1.82, 2.24) is 0 Å². The number of anilines is 2. The van der Waals surface area contributed by atoms with Crippen LogP contribution in [0.5, 0.6) is 0 Å². The number of hydrogen-bond acceptors (Lipinski definition) is 2. The largest absolute Gasteiger partial charge is 0.397 e. The predicted molar refractivity (Wildman–Crippen MR) is 77.9 cm³/mol. The zero-order chi connectivity index (χ0) is 12.6. The van der Waals surface area contributed by atoms with Gasteiger partial charge in [-0.3, -0.25) is 0 Å². The molecule has 0 amide bonds. The number of nitrogens with zero attached hydrogens (tertiary/aromatic N) is 1. The third kappa shape index (κ3) is 2.09. The number of hydrogen-bond donors (Lipinski definition) is 1. The van der Waals surface area contributed by atoms with Gasteiger partial charge in [0.15, 0.2) is 0 Å². The minimum Gasteiger partial charge on any atom is -0.397 e. The number of aryl methyl sites for hydroxylation is 1. The molecular formula is C16H24N2. The van der Waals surface area contributed by atoms with E-state index >= 15 is 0 Å². The van der Waals surface area contributed by atoms with Crippen molar-refractivity contribution >= 4 is 11.4 Å². The first-order chi connectivity index (χ1) is 8.69. The lowest BCUT2D eigenvalue weighted by Gasteiger charge is -2.52. The Morgan fingerprint density at radius 3 is 2.39 bits per heavy atom. The van der Waals surface area contributed by atoms with Crippen molar-refractivity contribution in [2.45, 2.75) is 45.4 Å². The molecule has 1 saturated heterocycles. The second-order valence-corrected chi connectivity index (χ2v) is 6.33. The van der Waals surface area contributed by atoms with Crippen LogP contribution in [0.3, 0.4) is 0 Å². The normalized spacial score (nSPS) is 22.6. The molecule has 1 aromatic carbocycles. The summed E-state index contributed by atoms with van der Waals surface area (Å²) in [5.74, 6) is 0. The van der Waals surface area contributed by atoms with Crippen molar-refractivity contribution in [1.29, 1.82) is 0 Å². The lowest BCUT2D eigenvalue weighted by molar-refractivity contribution is 0.181. The molecule has 1 heterocycles. The molecule has 2 fully saturated rings. The molecule has 98 valence electrons. The van der Waals surface area contributed by atoms with Crippen molar-refractivity contribution in [2.24, 2.45) is 5.41 Å². The maximum absolute atomic E-state index is 6.11. The summed E-state index contributed by atoms with van der Waals surface area (Å²) >= 11 is 0. The molecule has 1 aliphatic carbocycles. The van der Waals surface area contributed by atoms with Crippen molar-refractivity contribution in [3.05, 3.63) is 23.8 Å². The molecule has 2 aliphatic rings. The Labute approximate surface area is 110 Å². The van der Waals surface area contributed by atoms with E-state index in [1.54, 1.807) is 0 Å². The van der Waals surface area contributed by atoms with Crippen molar-refractivity contribution in [2.75, 3.05) is 23.7 Å². The third-order valence-corrected chi connectivity index (χ3v) is 4.74. The molecule has 0 atom stereocenters. The maximum atomic E-state index is 6.11. The number of nitrogens with two attached hydrogens (primary N) is 1. The first-order valence-corrected chi connectivity index (χ1v) is 7.30. The van der Waals surface area contributed by atoms with Gasteiger partial charge in [-0.25, -0.2) is 0 Å². The van der Waals surface area contributed by atoms with Gasteiger partial charge in [0.05, 0.1) is 11.4 Å². The summed E-state index contributed by atoms with van der Waals surface area (Å²) in [5, 5.41) is 0. The monoisotopic (exact) mass is 244 g/mol. The number of rotatable bonds is 1.